The SMILES string of the molecule is Cl.O=C(Cc1ccc([N+](=O)[O-])cc1)Nc1sc2c(c1-c1nc3ccccc3s1)CCN(Cc1ccccc1)C2. The minimum absolute atomic E-state index is 0. The van der Waals surface area contributed by atoms with Gasteiger partial charge < -0.3 is 5.32 Å². The highest BCUT2D eigenvalue weighted by Crippen LogP contribution is 2.45. The van der Waals surface area contributed by atoms with E-state index in [4.69, 9.17) is 4.98 Å². The molecular formula is C29H25ClN4O3S2. The first-order valence-electron chi connectivity index (χ1n) is 12.3. The quantitative estimate of drug-likeness (QED) is 0.165. The Hall–Kier alpha value is -3.63. The highest BCUT2D eigenvalue weighted by molar-refractivity contribution is 7.22. The normalized spacial score (nSPS) is 13.0. The number of aromatic nitrogens is 1. The van der Waals surface area contributed by atoms with Crippen LogP contribution >= 0.6 is 35.1 Å². The molecule has 0 saturated heterocycles. The third kappa shape index (κ3) is 5.86. The van der Waals surface area contributed by atoms with Gasteiger partial charge >= 0.3 is 0 Å². The molecule has 0 radical (unpaired) electrons. The monoisotopic (exact) mass is 576 g/mol. The van der Waals surface area contributed by atoms with Crippen molar-refractivity contribution in [3.63, 3.8) is 0 Å². The summed E-state index contributed by atoms with van der Waals surface area (Å²) in [5, 5.41) is 15.9. The van der Waals surface area contributed by atoms with Gasteiger partial charge in [0.05, 0.1) is 21.6 Å². The number of para-hydroxylation sites is 1. The van der Waals surface area contributed by atoms with E-state index in [1.807, 2.05) is 24.3 Å². The topological polar surface area (TPSA) is 88.4 Å². The standard InChI is InChI=1S/C29H24N4O3S2.ClH/c34-26(16-19-10-12-21(13-11-19)33(35)36)31-29-27(28-30-23-8-4-5-9-24(23)37-28)22-14-15-32(18-25(22)38-29)17-20-6-2-1-3-7-20;/h1-13H,14-18H2,(H,31,34);1H. The maximum Gasteiger partial charge on any atom is 0.269 e. The molecule has 0 spiro atoms. The average molecular weight is 577 g/mol. The van der Waals surface area contributed by atoms with Crippen molar-refractivity contribution in [1.29, 1.82) is 0 Å². The Morgan fingerprint density at radius 1 is 0.974 bits per heavy atom. The van der Waals surface area contributed by atoms with E-state index in [0.29, 0.717) is 0 Å². The van der Waals surface area contributed by atoms with Gasteiger partial charge in [-0.1, -0.05) is 54.6 Å². The van der Waals surface area contributed by atoms with Gasteiger partial charge in [-0.2, -0.15) is 0 Å². The van der Waals surface area contributed by atoms with Crippen molar-refractivity contribution in [3.8, 4) is 10.6 Å². The lowest BCUT2D eigenvalue weighted by Gasteiger charge is -2.27. The molecule has 3 heterocycles. The molecule has 1 aliphatic heterocycles. The predicted octanol–water partition coefficient (Wildman–Crippen LogP) is 7.09. The molecule has 10 heteroatoms. The van der Waals surface area contributed by atoms with E-state index in [1.165, 1.54) is 28.1 Å². The summed E-state index contributed by atoms with van der Waals surface area (Å²) in [6.45, 7) is 2.65. The van der Waals surface area contributed by atoms with Gasteiger partial charge in [-0.15, -0.1) is 35.1 Å². The van der Waals surface area contributed by atoms with Gasteiger partial charge in [0.25, 0.3) is 5.69 Å². The smallest absolute Gasteiger partial charge is 0.269 e. The van der Waals surface area contributed by atoms with Crippen molar-refractivity contribution in [2.24, 2.45) is 0 Å². The molecule has 0 atom stereocenters. The first-order chi connectivity index (χ1) is 18.5. The number of hydrogen-bond acceptors (Lipinski definition) is 7. The number of benzene rings is 3. The molecular weight excluding hydrogens is 552 g/mol. The summed E-state index contributed by atoms with van der Waals surface area (Å²) in [5.74, 6) is -0.152. The Balaban J connectivity index is 0.00000308. The van der Waals surface area contributed by atoms with E-state index in [0.717, 1.165) is 57.4 Å². The average Bonchev–Trinajstić information content (AvgIpc) is 3.49. The highest BCUT2D eigenvalue weighted by atomic mass is 35.5. The Morgan fingerprint density at radius 2 is 1.72 bits per heavy atom. The molecule has 39 heavy (non-hydrogen) atoms. The van der Waals surface area contributed by atoms with Crippen LogP contribution in [0.3, 0.4) is 0 Å². The number of carbonyl (C=O) groups excluding carboxylic acids is 1. The van der Waals surface area contributed by atoms with Crippen molar-refractivity contribution in [2.45, 2.75) is 25.9 Å². The second-order valence-electron chi connectivity index (χ2n) is 9.29. The number of amides is 1. The first-order valence-corrected chi connectivity index (χ1v) is 14.0. The molecule has 0 fully saturated rings. The molecule has 0 aliphatic carbocycles. The fourth-order valence-corrected chi connectivity index (χ4v) is 7.23. The van der Waals surface area contributed by atoms with Gasteiger partial charge in [-0.3, -0.25) is 19.8 Å². The number of fused-ring (bicyclic) bond motifs is 2. The molecule has 3 aromatic carbocycles. The van der Waals surface area contributed by atoms with Crippen LogP contribution in [0.5, 0.6) is 0 Å². The molecule has 0 bridgehead atoms. The van der Waals surface area contributed by atoms with Crippen LogP contribution in [0.1, 0.15) is 21.6 Å². The minimum Gasteiger partial charge on any atom is -0.317 e. The van der Waals surface area contributed by atoms with Gasteiger partial charge in [0.1, 0.15) is 10.0 Å². The lowest BCUT2D eigenvalue weighted by molar-refractivity contribution is -0.384. The summed E-state index contributed by atoms with van der Waals surface area (Å²) < 4.78 is 1.12. The third-order valence-electron chi connectivity index (χ3n) is 6.66. The number of anilines is 1. The number of nitro benzene ring substituents is 1. The van der Waals surface area contributed by atoms with E-state index in [-0.39, 0.29) is 30.4 Å². The maximum absolute atomic E-state index is 13.1. The van der Waals surface area contributed by atoms with Crippen LogP contribution in [-0.2, 0) is 30.7 Å². The molecule has 6 rings (SSSR count). The van der Waals surface area contributed by atoms with Crippen LogP contribution in [-0.4, -0.2) is 27.3 Å². The second kappa shape index (κ2) is 11.6. The molecule has 0 unspecified atom stereocenters. The summed E-state index contributed by atoms with van der Waals surface area (Å²) in [6, 6.07) is 24.7. The highest BCUT2D eigenvalue weighted by Gasteiger charge is 2.28. The van der Waals surface area contributed by atoms with Gasteiger partial charge in [0.2, 0.25) is 5.91 Å². The van der Waals surface area contributed by atoms with Crippen LogP contribution < -0.4 is 5.32 Å². The summed E-state index contributed by atoms with van der Waals surface area (Å²) in [7, 11) is 0. The van der Waals surface area contributed by atoms with E-state index in [1.54, 1.807) is 34.8 Å². The van der Waals surface area contributed by atoms with E-state index < -0.39 is 4.92 Å². The number of thiophene rings is 1. The second-order valence-corrected chi connectivity index (χ2v) is 11.4. The third-order valence-corrected chi connectivity index (χ3v) is 8.84. The lowest BCUT2D eigenvalue weighted by atomic mass is 10.0. The Kier molecular flexibility index (Phi) is 8.04. The Bertz CT molecular complexity index is 1600. The van der Waals surface area contributed by atoms with Gasteiger partial charge in [-0.05, 0) is 35.2 Å². The van der Waals surface area contributed by atoms with Crippen LogP contribution in [0.2, 0.25) is 0 Å². The van der Waals surface area contributed by atoms with Crippen LogP contribution in [0.4, 0.5) is 10.7 Å². The minimum atomic E-state index is -0.439. The number of thiazole rings is 1. The number of rotatable bonds is 7. The van der Waals surface area contributed by atoms with E-state index in [9.17, 15) is 14.9 Å². The molecule has 1 aliphatic rings. The molecule has 0 saturated carbocycles. The van der Waals surface area contributed by atoms with Crippen LogP contribution in [0, 0.1) is 10.1 Å². The number of nitro groups is 1. The molecule has 7 nitrogen and oxygen atoms in total. The Labute approximate surface area is 239 Å². The largest absolute Gasteiger partial charge is 0.317 e. The molecule has 2 aromatic heterocycles. The number of nitrogens with one attached hydrogen (secondary N) is 1. The molecule has 5 aromatic rings. The lowest BCUT2D eigenvalue weighted by Crippen LogP contribution is -2.29. The number of halogens is 1. The molecule has 198 valence electrons. The fourth-order valence-electron chi connectivity index (χ4n) is 4.82. The zero-order valence-electron chi connectivity index (χ0n) is 20.8. The first kappa shape index (κ1) is 27.0. The fraction of sp³-hybridized carbons (Fsp3) is 0.172. The van der Waals surface area contributed by atoms with Crippen molar-refractivity contribution < 1.29 is 9.72 Å². The van der Waals surface area contributed by atoms with Crippen LogP contribution in [0.25, 0.3) is 20.8 Å². The zero-order valence-corrected chi connectivity index (χ0v) is 23.3. The van der Waals surface area contributed by atoms with E-state index in [2.05, 4.69) is 40.5 Å². The van der Waals surface area contributed by atoms with Crippen molar-refractivity contribution in [1.82, 2.24) is 9.88 Å². The predicted molar refractivity (Wildman–Crippen MR) is 160 cm³/mol. The number of nitrogens with zero attached hydrogens (tertiary/aromatic N) is 3. The summed E-state index contributed by atoms with van der Waals surface area (Å²) in [6.07, 6.45) is 1.03. The number of non-ortho nitro benzene ring substituents is 1. The summed E-state index contributed by atoms with van der Waals surface area (Å²) >= 11 is 3.28. The van der Waals surface area contributed by atoms with Gasteiger partial charge in [0.15, 0.2) is 0 Å². The van der Waals surface area contributed by atoms with Crippen LogP contribution in [0.15, 0.2) is 78.9 Å². The summed E-state index contributed by atoms with van der Waals surface area (Å²) in [4.78, 5) is 32.2. The Morgan fingerprint density at radius 3 is 2.46 bits per heavy atom. The molecule has 1 amide bonds. The van der Waals surface area contributed by atoms with E-state index >= 15 is 0 Å². The van der Waals surface area contributed by atoms with Crippen molar-refractivity contribution in [2.75, 3.05) is 11.9 Å². The summed E-state index contributed by atoms with van der Waals surface area (Å²) in [5.41, 5.74) is 5.28. The van der Waals surface area contributed by atoms with Crippen molar-refractivity contribution in [3.05, 3.63) is 111 Å². The molecule has 1 N–H and O–H groups in total. The van der Waals surface area contributed by atoms with Crippen molar-refractivity contribution >= 4 is 61.9 Å². The maximum atomic E-state index is 13.1. The zero-order chi connectivity index (χ0) is 26.1. The van der Waals surface area contributed by atoms with Gasteiger partial charge in [0, 0.05) is 42.2 Å². The van der Waals surface area contributed by atoms with Gasteiger partial charge in [-0.25, -0.2) is 4.98 Å². The number of hydrogen-bond donors (Lipinski definition) is 1. The number of carbonyl (C=O) groups is 1.